The molecule has 0 unspecified atom stereocenters. The zero-order valence-corrected chi connectivity index (χ0v) is 15.7. The number of allylic oxidation sites excluding steroid dienone is 1. The Morgan fingerprint density at radius 1 is 0.967 bits per heavy atom. The van der Waals surface area contributed by atoms with Gasteiger partial charge in [-0.05, 0) is 35.9 Å². The lowest BCUT2D eigenvalue weighted by atomic mass is 10.0. The van der Waals surface area contributed by atoms with Gasteiger partial charge in [-0.1, -0.05) is 53.7 Å². The van der Waals surface area contributed by atoms with Crippen molar-refractivity contribution in [2.24, 2.45) is 0 Å². The van der Waals surface area contributed by atoms with Crippen molar-refractivity contribution in [3.05, 3.63) is 94.5 Å². The monoisotopic (exact) mass is 390 g/mol. The molecule has 0 fully saturated rings. The third kappa shape index (κ3) is 3.05. The van der Waals surface area contributed by atoms with E-state index in [0.29, 0.717) is 16.7 Å². The second-order valence-corrected chi connectivity index (χ2v) is 6.76. The predicted octanol–water partition coefficient (Wildman–Crippen LogP) is 4.80. The summed E-state index contributed by atoms with van der Waals surface area (Å²) in [6, 6.07) is 24.5. The highest BCUT2D eigenvalue weighted by molar-refractivity contribution is 5.95. The first-order valence-electron chi connectivity index (χ1n) is 9.29. The molecule has 30 heavy (non-hydrogen) atoms. The van der Waals surface area contributed by atoms with Crippen LogP contribution in [0.3, 0.4) is 0 Å². The maximum absolute atomic E-state index is 12.4. The van der Waals surface area contributed by atoms with Crippen LogP contribution in [0, 0.1) is 11.3 Å². The largest absolute Gasteiger partial charge is 0.355 e. The van der Waals surface area contributed by atoms with Gasteiger partial charge < -0.3 is 9.51 Å². The number of nitriles is 1. The Balaban J connectivity index is 1.63. The first-order chi connectivity index (χ1) is 14.7. The minimum absolute atomic E-state index is 0.231. The fourth-order valence-electron chi connectivity index (χ4n) is 3.38. The van der Waals surface area contributed by atoms with E-state index in [1.165, 1.54) is 0 Å². The molecule has 0 bridgehead atoms. The van der Waals surface area contributed by atoms with Gasteiger partial charge in [0.1, 0.15) is 11.6 Å². The highest BCUT2D eigenvalue weighted by atomic mass is 16.5. The lowest BCUT2D eigenvalue weighted by molar-refractivity contribution is 0.441. The Kier molecular flexibility index (Phi) is 4.19. The standard InChI is InChI=1S/C24H14N4O2/c25-14-17(23-26-20-9-5-4-8-18(20)24(29)27-23)12-15-10-11-21-19(13-15)22(30-28-21)16-6-2-1-3-7-16/h1-13H,(H,26,27,29). The zero-order chi connectivity index (χ0) is 20.5. The van der Waals surface area contributed by atoms with Crippen molar-refractivity contribution in [3.8, 4) is 17.4 Å². The van der Waals surface area contributed by atoms with Crippen LogP contribution in [0.15, 0.2) is 82.1 Å². The Hall–Kier alpha value is -4.50. The molecule has 0 aliphatic carbocycles. The van der Waals surface area contributed by atoms with Gasteiger partial charge in [0.05, 0.1) is 21.9 Å². The van der Waals surface area contributed by atoms with Crippen LogP contribution in [0.2, 0.25) is 0 Å². The lowest BCUT2D eigenvalue weighted by Gasteiger charge is -2.02. The van der Waals surface area contributed by atoms with Crippen molar-refractivity contribution in [3.63, 3.8) is 0 Å². The Morgan fingerprint density at radius 3 is 2.60 bits per heavy atom. The van der Waals surface area contributed by atoms with Crippen LogP contribution in [0.5, 0.6) is 0 Å². The van der Waals surface area contributed by atoms with Crippen LogP contribution in [0.4, 0.5) is 0 Å². The van der Waals surface area contributed by atoms with Crippen LogP contribution < -0.4 is 5.56 Å². The van der Waals surface area contributed by atoms with E-state index in [1.807, 2.05) is 48.5 Å². The fourth-order valence-corrected chi connectivity index (χ4v) is 3.38. The summed E-state index contributed by atoms with van der Waals surface area (Å²) in [4.78, 5) is 19.5. The lowest BCUT2D eigenvalue weighted by Crippen LogP contribution is -2.11. The summed E-state index contributed by atoms with van der Waals surface area (Å²) in [6.45, 7) is 0. The molecule has 142 valence electrons. The van der Waals surface area contributed by atoms with E-state index < -0.39 is 0 Å². The number of aromatic nitrogens is 3. The molecule has 0 amide bonds. The number of nitrogens with one attached hydrogen (secondary N) is 1. The molecule has 2 aromatic heterocycles. The summed E-state index contributed by atoms with van der Waals surface area (Å²) in [6.07, 6.45) is 1.69. The number of rotatable bonds is 3. The average molecular weight is 390 g/mol. The van der Waals surface area contributed by atoms with Crippen molar-refractivity contribution < 1.29 is 4.52 Å². The van der Waals surface area contributed by atoms with Gasteiger partial charge in [0.2, 0.25) is 0 Å². The molecule has 0 atom stereocenters. The molecular formula is C24H14N4O2. The number of aromatic amines is 1. The van der Waals surface area contributed by atoms with E-state index in [4.69, 9.17) is 4.52 Å². The molecule has 0 saturated heterocycles. The maximum atomic E-state index is 12.4. The van der Waals surface area contributed by atoms with Crippen LogP contribution >= 0.6 is 0 Å². The first-order valence-corrected chi connectivity index (χ1v) is 9.29. The highest BCUT2D eigenvalue weighted by Crippen LogP contribution is 2.30. The molecule has 3 aromatic carbocycles. The number of benzene rings is 3. The van der Waals surface area contributed by atoms with E-state index in [1.54, 1.807) is 30.3 Å². The van der Waals surface area contributed by atoms with Crippen molar-refractivity contribution in [2.45, 2.75) is 0 Å². The van der Waals surface area contributed by atoms with Gasteiger partial charge in [-0.15, -0.1) is 0 Å². The fraction of sp³-hybridized carbons (Fsp3) is 0. The number of hydrogen-bond donors (Lipinski definition) is 1. The number of nitrogens with zero attached hydrogens (tertiary/aromatic N) is 3. The van der Waals surface area contributed by atoms with Gasteiger partial charge in [-0.25, -0.2) is 4.98 Å². The van der Waals surface area contributed by atoms with Gasteiger partial charge in [-0.3, -0.25) is 4.79 Å². The van der Waals surface area contributed by atoms with E-state index in [2.05, 4.69) is 21.2 Å². The minimum atomic E-state index is -0.280. The predicted molar refractivity (Wildman–Crippen MR) is 115 cm³/mol. The van der Waals surface area contributed by atoms with Crippen molar-refractivity contribution >= 4 is 33.5 Å². The van der Waals surface area contributed by atoms with Crippen LogP contribution in [-0.2, 0) is 0 Å². The second-order valence-electron chi connectivity index (χ2n) is 6.76. The molecule has 0 aliphatic rings. The third-order valence-electron chi connectivity index (χ3n) is 4.84. The summed E-state index contributed by atoms with van der Waals surface area (Å²) in [7, 11) is 0. The average Bonchev–Trinajstić information content (AvgIpc) is 3.21. The van der Waals surface area contributed by atoms with Gasteiger partial charge in [0.25, 0.3) is 5.56 Å². The molecule has 1 N–H and O–H groups in total. The third-order valence-corrected chi connectivity index (χ3v) is 4.84. The molecule has 2 heterocycles. The van der Waals surface area contributed by atoms with Gasteiger partial charge >= 0.3 is 0 Å². The number of hydrogen-bond acceptors (Lipinski definition) is 5. The number of fused-ring (bicyclic) bond motifs is 2. The summed E-state index contributed by atoms with van der Waals surface area (Å²) in [5.74, 6) is 0.895. The van der Waals surface area contributed by atoms with E-state index in [9.17, 15) is 10.1 Å². The SMILES string of the molecule is N#CC(=Cc1ccc2noc(-c3ccccc3)c2c1)c1nc2ccccc2c(=O)[nH]1. The molecule has 6 heteroatoms. The molecule has 0 aliphatic heterocycles. The van der Waals surface area contributed by atoms with Crippen molar-refractivity contribution in [2.75, 3.05) is 0 Å². The first kappa shape index (κ1) is 17.6. The highest BCUT2D eigenvalue weighted by Gasteiger charge is 2.12. The number of para-hydroxylation sites is 1. The minimum Gasteiger partial charge on any atom is -0.355 e. The smallest absolute Gasteiger partial charge is 0.259 e. The van der Waals surface area contributed by atoms with Gasteiger partial charge in [0, 0.05) is 5.56 Å². The molecule has 0 spiro atoms. The van der Waals surface area contributed by atoms with Gasteiger partial charge in [-0.2, -0.15) is 5.26 Å². The molecule has 5 aromatic rings. The maximum Gasteiger partial charge on any atom is 0.259 e. The van der Waals surface area contributed by atoms with Crippen molar-refractivity contribution in [1.82, 2.24) is 15.1 Å². The van der Waals surface area contributed by atoms with Crippen LogP contribution in [0.1, 0.15) is 11.4 Å². The molecule has 0 saturated carbocycles. The quantitative estimate of drug-likeness (QED) is 0.447. The Morgan fingerprint density at radius 2 is 1.77 bits per heavy atom. The van der Waals surface area contributed by atoms with Crippen LogP contribution in [0.25, 0.3) is 44.8 Å². The molecule has 6 nitrogen and oxygen atoms in total. The van der Waals surface area contributed by atoms with E-state index in [0.717, 1.165) is 22.0 Å². The normalized spacial score (nSPS) is 11.6. The topological polar surface area (TPSA) is 95.6 Å². The zero-order valence-electron chi connectivity index (χ0n) is 15.7. The van der Waals surface area contributed by atoms with Crippen molar-refractivity contribution in [1.29, 1.82) is 5.26 Å². The van der Waals surface area contributed by atoms with E-state index >= 15 is 0 Å². The summed E-state index contributed by atoms with van der Waals surface area (Å²) in [5, 5.41) is 15.1. The summed E-state index contributed by atoms with van der Waals surface area (Å²) < 4.78 is 5.54. The molecule has 5 rings (SSSR count). The Labute approximate surface area is 170 Å². The summed E-state index contributed by atoms with van der Waals surface area (Å²) >= 11 is 0. The molecular weight excluding hydrogens is 376 g/mol. The van der Waals surface area contributed by atoms with E-state index in [-0.39, 0.29) is 17.0 Å². The molecule has 0 radical (unpaired) electrons. The second kappa shape index (κ2) is 7.15. The number of H-pyrrole nitrogens is 1. The summed E-state index contributed by atoms with van der Waals surface area (Å²) in [5.41, 5.74) is 2.94. The van der Waals surface area contributed by atoms with Gasteiger partial charge in [0.15, 0.2) is 11.6 Å². The van der Waals surface area contributed by atoms with Crippen LogP contribution in [-0.4, -0.2) is 15.1 Å². The Bertz CT molecular complexity index is 1520.